The summed E-state index contributed by atoms with van der Waals surface area (Å²) in [4.78, 5) is 23.5. The van der Waals surface area contributed by atoms with Crippen molar-refractivity contribution in [2.75, 3.05) is 61.1 Å². The van der Waals surface area contributed by atoms with Crippen LogP contribution in [0, 0.1) is 0 Å². The van der Waals surface area contributed by atoms with Crippen molar-refractivity contribution in [3.8, 4) is 0 Å². The highest BCUT2D eigenvalue weighted by atomic mass is 19.4. The Hall–Kier alpha value is -3.08. The minimum absolute atomic E-state index is 0.000512. The Balaban J connectivity index is 1.70. The number of anilines is 4. The van der Waals surface area contributed by atoms with E-state index < -0.39 is 11.9 Å². The minimum atomic E-state index is -4.65. The molecule has 1 amide bonds. The lowest BCUT2D eigenvalue weighted by Gasteiger charge is -2.26. The summed E-state index contributed by atoms with van der Waals surface area (Å²) in [7, 11) is 3.03. The maximum Gasteiger partial charge on any atom is 0.433 e. The Morgan fingerprint density at radius 1 is 1.15 bits per heavy atom. The van der Waals surface area contributed by atoms with Gasteiger partial charge in [-0.25, -0.2) is 9.97 Å². The quantitative estimate of drug-likeness (QED) is 0.462. The van der Waals surface area contributed by atoms with Crippen LogP contribution in [0.1, 0.15) is 30.5 Å². The molecule has 0 spiro atoms. The Bertz CT molecular complexity index is 915. The molecule has 0 unspecified atom stereocenters. The fraction of sp³-hybridized carbons (Fsp3) is 0.500. The maximum atomic E-state index is 13.3. The SMILES string of the molecule is CNc1nc(C(F)(F)F)cc(N(C=O)Cc2ccc(NCCN3CCCCC3)nc2)c1NC. The first-order chi connectivity index (χ1) is 15.9. The Kier molecular flexibility index (Phi) is 8.32. The van der Waals surface area contributed by atoms with E-state index >= 15 is 0 Å². The molecule has 3 rings (SSSR count). The molecule has 3 N–H and O–H groups in total. The van der Waals surface area contributed by atoms with Gasteiger partial charge >= 0.3 is 6.18 Å². The van der Waals surface area contributed by atoms with Gasteiger partial charge in [0.1, 0.15) is 17.2 Å². The number of hydrogen-bond donors (Lipinski definition) is 3. The summed E-state index contributed by atoms with van der Waals surface area (Å²) in [5, 5.41) is 8.77. The Labute approximate surface area is 191 Å². The molecule has 0 atom stereocenters. The van der Waals surface area contributed by atoms with Crippen molar-refractivity contribution in [2.45, 2.75) is 32.0 Å². The number of aromatic nitrogens is 2. The highest BCUT2D eigenvalue weighted by Crippen LogP contribution is 2.38. The molecule has 0 bridgehead atoms. The van der Waals surface area contributed by atoms with Crippen molar-refractivity contribution in [3.63, 3.8) is 0 Å². The lowest BCUT2D eigenvalue weighted by atomic mass is 10.1. The van der Waals surface area contributed by atoms with E-state index in [0.717, 1.165) is 32.2 Å². The number of likely N-dealkylation sites (tertiary alicyclic amines) is 1. The van der Waals surface area contributed by atoms with E-state index in [4.69, 9.17) is 0 Å². The lowest BCUT2D eigenvalue weighted by Crippen LogP contribution is -2.33. The largest absolute Gasteiger partial charge is 0.433 e. The van der Waals surface area contributed by atoms with Crippen LogP contribution in [0.15, 0.2) is 24.4 Å². The number of carbonyl (C=O) groups excluding carboxylic acids is 1. The molecule has 8 nitrogen and oxygen atoms in total. The number of nitrogens with one attached hydrogen (secondary N) is 3. The first kappa shape index (κ1) is 24.6. The van der Waals surface area contributed by atoms with Gasteiger partial charge in [0.15, 0.2) is 5.82 Å². The van der Waals surface area contributed by atoms with Gasteiger partial charge in [-0.2, -0.15) is 13.2 Å². The van der Waals surface area contributed by atoms with Crippen molar-refractivity contribution >= 4 is 29.4 Å². The maximum absolute atomic E-state index is 13.3. The molecule has 2 aromatic heterocycles. The lowest BCUT2D eigenvalue weighted by molar-refractivity contribution is -0.141. The molecule has 180 valence electrons. The minimum Gasteiger partial charge on any atom is -0.383 e. The fourth-order valence-electron chi connectivity index (χ4n) is 3.85. The number of nitrogens with zero attached hydrogens (tertiary/aromatic N) is 4. The van der Waals surface area contributed by atoms with Gasteiger partial charge in [-0.05, 0) is 43.6 Å². The summed E-state index contributed by atoms with van der Waals surface area (Å²) in [6, 6.07) is 4.47. The second-order valence-corrected chi connectivity index (χ2v) is 7.86. The molecule has 1 aliphatic heterocycles. The standard InChI is InChI=1S/C22H30F3N7O/c1-26-20-17(12-18(22(23,24)25)30-21(20)27-2)32(15-33)14-16-6-7-19(29-13-16)28-8-11-31-9-4-3-5-10-31/h6-7,12-13,15,26H,3-5,8-11,14H2,1-2H3,(H,27,30)(H,28,29). The van der Waals surface area contributed by atoms with Crippen LogP contribution in [-0.2, 0) is 17.5 Å². The van der Waals surface area contributed by atoms with E-state index in [2.05, 4.69) is 30.8 Å². The fourth-order valence-corrected chi connectivity index (χ4v) is 3.85. The second kappa shape index (κ2) is 11.2. The number of carbonyl (C=O) groups is 1. The van der Waals surface area contributed by atoms with E-state index in [1.165, 1.54) is 31.2 Å². The van der Waals surface area contributed by atoms with Crippen LogP contribution in [0.4, 0.5) is 36.2 Å². The number of rotatable bonds is 10. The summed E-state index contributed by atoms with van der Waals surface area (Å²) < 4.78 is 40.0. The van der Waals surface area contributed by atoms with Crippen LogP contribution in [0.3, 0.4) is 0 Å². The summed E-state index contributed by atoms with van der Waals surface area (Å²) in [6.07, 6.45) is 1.25. The van der Waals surface area contributed by atoms with Crippen molar-refractivity contribution in [2.24, 2.45) is 0 Å². The van der Waals surface area contributed by atoms with Gasteiger partial charge in [-0.3, -0.25) is 4.79 Å². The molecule has 3 heterocycles. The predicted molar refractivity (Wildman–Crippen MR) is 124 cm³/mol. The molecule has 1 fully saturated rings. The highest BCUT2D eigenvalue weighted by Gasteiger charge is 2.35. The number of hydrogen-bond acceptors (Lipinski definition) is 7. The third-order valence-corrected chi connectivity index (χ3v) is 5.57. The van der Waals surface area contributed by atoms with Crippen molar-refractivity contribution in [1.29, 1.82) is 0 Å². The molecule has 33 heavy (non-hydrogen) atoms. The van der Waals surface area contributed by atoms with Gasteiger partial charge in [0.25, 0.3) is 0 Å². The van der Waals surface area contributed by atoms with Crippen LogP contribution < -0.4 is 20.9 Å². The molecular formula is C22H30F3N7O. The molecule has 2 aromatic rings. The predicted octanol–water partition coefficient (Wildman–Crippen LogP) is 3.64. The highest BCUT2D eigenvalue weighted by molar-refractivity contribution is 5.89. The van der Waals surface area contributed by atoms with Gasteiger partial charge in [-0.15, -0.1) is 0 Å². The number of piperidine rings is 1. The summed E-state index contributed by atoms with van der Waals surface area (Å²) in [6.45, 7) is 4.05. The van der Waals surface area contributed by atoms with Crippen LogP contribution in [0.25, 0.3) is 0 Å². The van der Waals surface area contributed by atoms with Gasteiger partial charge in [0.2, 0.25) is 6.41 Å². The number of amides is 1. The zero-order chi connectivity index (χ0) is 23.8. The van der Waals surface area contributed by atoms with Gasteiger partial charge in [0, 0.05) is 33.4 Å². The first-order valence-corrected chi connectivity index (χ1v) is 11.0. The van der Waals surface area contributed by atoms with E-state index in [0.29, 0.717) is 23.5 Å². The zero-order valence-corrected chi connectivity index (χ0v) is 18.9. The van der Waals surface area contributed by atoms with Gasteiger partial charge in [-0.1, -0.05) is 12.5 Å². The van der Waals surface area contributed by atoms with E-state index in [1.807, 2.05) is 0 Å². The zero-order valence-electron chi connectivity index (χ0n) is 18.9. The third-order valence-electron chi connectivity index (χ3n) is 5.57. The molecular weight excluding hydrogens is 435 g/mol. The molecule has 1 aliphatic rings. The molecule has 11 heteroatoms. The normalized spacial score (nSPS) is 14.6. The summed E-state index contributed by atoms with van der Waals surface area (Å²) in [5.74, 6) is 0.714. The number of alkyl halides is 3. The molecule has 0 aliphatic carbocycles. The third kappa shape index (κ3) is 6.47. The molecule has 0 aromatic carbocycles. The van der Waals surface area contributed by atoms with E-state index in [9.17, 15) is 18.0 Å². The van der Waals surface area contributed by atoms with Crippen LogP contribution in [-0.4, -0.2) is 61.6 Å². The van der Waals surface area contributed by atoms with Crippen molar-refractivity contribution < 1.29 is 18.0 Å². The molecule has 1 saturated heterocycles. The van der Waals surface area contributed by atoms with Crippen LogP contribution in [0.2, 0.25) is 0 Å². The van der Waals surface area contributed by atoms with Gasteiger partial charge in [0.05, 0.1) is 12.2 Å². The van der Waals surface area contributed by atoms with Crippen molar-refractivity contribution in [1.82, 2.24) is 14.9 Å². The van der Waals surface area contributed by atoms with Crippen LogP contribution >= 0.6 is 0 Å². The number of halogens is 3. The average molecular weight is 466 g/mol. The average Bonchev–Trinajstić information content (AvgIpc) is 2.82. The molecule has 0 radical (unpaired) electrons. The molecule has 0 saturated carbocycles. The van der Waals surface area contributed by atoms with Gasteiger partial charge < -0.3 is 25.8 Å². The van der Waals surface area contributed by atoms with Crippen LogP contribution in [0.5, 0.6) is 0 Å². The smallest absolute Gasteiger partial charge is 0.383 e. The first-order valence-electron chi connectivity index (χ1n) is 11.0. The van der Waals surface area contributed by atoms with E-state index in [1.54, 1.807) is 25.4 Å². The monoisotopic (exact) mass is 465 g/mol. The summed E-state index contributed by atoms with van der Waals surface area (Å²) in [5.41, 5.74) is -0.0364. The number of pyridine rings is 2. The topological polar surface area (TPSA) is 85.4 Å². The summed E-state index contributed by atoms with van der Waals surface area (Å²) >= 11 is 0. The Morgan fingerprint density at radius 2 is 1.91 bits per heavy atom. The Morgan fingerprint density at radius 3 is 2.48 bits per heavy atom. The van der Waals surface area contributed by atoms with Crippen molar-refractivity contribution in [3.05, 3.63) is 35.7 Å². The van der Waals surface area contributed by atoms with E-state index in [-0.39, 0.29) is 18.1 Å². The second-order valence-electron chi connectivity index (χ2n) is 7.86.